The quantitative estimate of drug-likeness (QED) is 0.408. The average Bonchev–Trinajstić information content (AvgIpc) is 3.14. The number of hydrogen-bond acceptors (Lipinski definition) is 6. The van der Waals surface area contributed by atoms with Crippen LogP contribution >= 0.6 is 0 Å². The van der Waals surface area contributed by atoms with E-state index in [0.717, 1.165) is 28.8 Å². The summed E-state index contributed by atoms with van der Waals surface area (Å²) in [5, 5.41) is 2.10. The first-order chi connectivity index (χ1) is 17.6. The summed E-state index contributed by atoms with van der Waals surface area (Å²) < 4.78 is 27.9. The molecule has 2 aromatic heterocycles. The van der Waals surface area contributed by atoms with E-state index < -0.39 is 26.4 Å². The number of sulfonamides is 1. The number of aromatic nitrogens is 2. The Hall–Kier alpha value is -3.98. The molecule has 0 aliphatic carbocycles. The topological polar surface area (TPSA) is 112 Å². The molecule has 8 nitrogen and oxygen atoms in total. The molecule has 2 N–H and O–H groups in total. The van der Waals surface area contributed by atoms with Gasteiger partial charge in [-0.2, -0.15) is 0 Å². The largest absolute Gasteiger partial charge is 0.351 e. The van der Waals surface area contributed by atoms with Crippen LogP contribution < -0.4 is 15.2 Å². The van der Waals surface area contributed by atoms with Crippen LogP contribution in [0.15, 0.2) is 82.6 Å². The number of H-pyrrole nitrogens is 1. The van der Waals surface area contributed by atoms with Crippen molar-refractivity contribution in [2.75, 3.05) is 11.4 Å². The zero-order chi connectivity index (χ0) is 26.4. The third-order valence-corrected chi connectivity index (χ3v) is 8.17. The summed E-state index contributed by atoms with van der Waals surface area (Å²) in [7, 11) is -4.40. The number of anilines is 1. The SMILES string of the molecule is C[C@@H]1CN(c2nc(-c3cccc4ccccc34)ccc2C(=O)NS(=O)(=O)c2ccc[nH]c2=O)C(C)(C)C1. The van der Waals surface area contributed by atoms with E-state index in [2.05, 4.69) is 35.4 Å². The van der Waals surface area contributed by atoms with Gasteiger partial charge < -0.3 is 9.88 Å². The minimum atomic E-state index is -4.40. The highest BCUT2D eigenvalue weighted by Crippen LogP contribution is 2.39. The maximum absolute atomic E-state index is 13.4. The van der Waals surface area contributed by atoms with E-state index >= 15 is 0 Å². The Morgan fingerprint density at radius 1 is 1.05 bits per heavy atom. The summed E-state index contributed by atoms with van der Waals surface area (Å²) in [5.74, 6) is -0.0689. The molecule has 0 saturated carbocycles. The summed E-state index contributed by atoms with van der Waals surface area (Å²) in [6, 6.07) is 19.9. The van der Waals surface area contributed by atoms with Crippen molar-refractivity contribution in [1.82, 2.24) is 14.7 Å². The second-order valence-corrected chi connectivity index (χ2v) is 11.8. The minimum Gasteiger partial charge on any atom is -0.351 e. The average molecular weight is 517 g/mol. The van der Waals surface area contributed by atoms with Crippen LogP contribution in [-0.2, 0) is 10.0 Å². The Morgan fingerprint density at radius 3 is 2.54 bits per heavy atom. The number of nitrogens with one attached hydrogen (secondary N) is 2. The molecule has 9 heteroatoms. The first-order valence-electron chi connectivity index (χ1n) is 12.1. The molecule has 1 atom stereocenters. The first-order valence-corrected chi connectivity index (χ1v) is 13.6. The summed E-state index contributed by atoms with van der Waals surface area (Å²) in [5.41, 5.74) is 0.624. The van der Waals surface area contributed by atoms with Crippen LogP contribution in [0.1, 0.15) is 37.6 Å². The Labute approximate surface area is 215 Å². The monoisotopic (exact) mass is 516 g/mol. The molecule has 37 heavy (non-hydrogen) atoms. The van der Waals surface area contributed by atoms with E-state index in [1.807, 2.05) is 42.5 Å². The molecule has 1 aliphatic heterocycles. The summed E-state index contributed by atoms with van der Waals surface area (Å²) in [6.45, 7) is 6.99. The molecular formula is C28H28N4O4S. The number of rotatable bonds is 5. The molecule has 3 heterocycles. The highest BCUT2D eigenvalue weighted by molar-refractivity contribution is 7.90. The number of nitrogens with zero attached hydrogens (tertiary/aromatic N) is 2. The fourth-order valence-corrected chi connectivity index (χ4v) is 6.26. The maximum Gasteiger partial charge on any atom is 0.269 e. The van der Waals surface area contributed by atoms with E-state index in [1.165, 1.54) is 12.3 Å². The Morgan fingerprint density at radius 2 is 1.81 bits per heavy atom. The van der Waals surface area contributed by atoms with Gasteiger partial charge in [0.05, 0.1) is 11.3 Å². The Bertz CT molecular complexity index is 1670. The van der Waals surface area contributed by atoms with Crippen molar-refractivity contribution in [3.63, 3.8) is 0 Å². The predicted octanol–water partition coefficient (Wildman–Crippen LogP) is 4.33. The van der Waals surface area contributed by atoms with E-state index in [0.29, 0.717) is 24.0 Å². The number of amides is 1. The zero-order valence-corrected chi connectivity index (χ0v) is 21.7. The van der Waals surface area contributed by atoms with Crippen LogP contribution in [-0.4, -0.2) is 36.4 Å². The van der Waals surface area contributed by atoms with Gasteiger partial charge in [0.15, 0.2) is 4.90 Å². The van der Waals surface area contributed by atoms with Crippen LogP contribution in [0.25, 0.3) is 22.0 Å². The number of pyridine rings is 2. The zero-order valence-electron chi connectivity index (χ0n) is 20.9. The molecule has 1 saturated heterocycles. The molecule has 0 radical (unpaired) electrons. The molecule has 0 spiro atoms. The van der Waals surface area contributed by atoms with Gasteiger partial charge in [0.2, 0.25) is 0 Å². The van der Waals surface area contributed by atoms with Crippen molar-refractivity contribution in [3.8, 4) is 11.3 Å². The van der Waals surface area contributed by atoms with Crippen LogP contribution in [0.5, 0.6) is 0 Å². The molecule has 0 bridgehead atoms. The number of benzene rings is 2. The van der Waals surface area contributed by atoms with E-state index in [9.17, 15) is 18.0 Å². The first kappa shape index (κ1) is 24.7. The Kier molecular flexibility index (Phi) is 6.11. The second-order valence-electron chi connectivity index (χ2n) is 10.1. The van der Waals surface area contributed by atoms with Gasteiger partial charge >= 0.3 is 0 Å². The van der Waals surface area contributed by atoms with Crippen molar-refractivity contribution < 1.29 is 13.2 Å². The minimum absolute atomic E-state index is 0.127. The number of carbonyl (C=O) groups is 1. The van der Waals surface area contributed by atoms with Crippen LogP contribution in [0.4, 0.5) is 5.82 Å². The lowest BCUT2D eigenvalue weighted by atomic mass is 9.97. The van der Waals surface area contributed by atoms with Gasteiger partial charge in [-0.25, -0.2) is 18.1 Å². The van der Waals surface area contributed by atoms with Crippen molar-refractivity contribution in [3.05, 3.63) is 88.8 Å². The van der Waals surface area contributed by atoms with Crippen molar-refractivity contribution in [2.45, 2.75) is 37.6 Å². The van der Waals surface area contributed by atoms with Crippen LogP contribution in [0.2, 0.25) is 0 Å². The lowest BCUT2D eigenvalue weighted by molar-refractivity contribution is 0.0981. The van der Waals surface area contributed by atoms with Gasteiger partial charge in [-0.1, -0.05) is 49.4 Å². The number of carbonyl (C=O) groups excluding carboxylic acids is 1. The fraction of sp³-hybridized carbons (Fsp3) is 0.250. The van der Waals surface area contributed by atoms with Gasteiger partial charge in [-0.3, -0.25) is 9.59 Å². The van der Waals surface area contributed by atoms with Crippen molar-refractivity contribution in [1.29, 1.82) is 0 Å². The fourth-order valence-electron chi connectivity index (χ4n) is 5.24. The van der Waals surface area contributed by atoms with Gasteiger partial charge in [-0.15, -0.1) is 0 Å². The van der Waals surface area contributed by atoms with Crippen molar-refractivity contribution in [2.24, 2.45) is 5.92 Å². The van der Waals surface area contributed by atoms with Gasteiger partial charge in [0, 0.05) is 23.8 Å². The smallest absolute Gasteiger partial charge is 0.269 e. The van der Waals surface area contributed by atoms with E-state index in [4.69, 9.17) is 4.98 Å². The number of fused-ring (bicyclic) bond motifs is 1. The summed E-state index contributed by atoms with van der Waals surface area (Å²) in [4.78, 5) is 34.3. The number of hydrogen-bond donors (Lipinski definition) is 2. The van der Waals surface area contributed by atoms with Crippen molar-refractivity contribution >= 4 is 32.5 Å². The third-order valence-electron chi connectivity index (χ3n) is 6.81. The third kappa shape index (κ3) is 4.62. The molecule has 5 rings (SSSR count). The predicted molar refractivity (Wildman–Crippen MR) is 144 cm³/mol. The second kappa shape index (κ2) is 9.15. The summed E-state index contributed by atoms with van der Waals surface area (Å²) in [6.07, 6.45) is 2.22. The van der Waals surface area contributed by atoms with Gasteiger partial charge in [-0.05, 0) is 61.2 Å². The number of aromatic amines is 1. The molecular weight excluding hydrogens is 488 g/mol. The highest BCUT2D eigenvalue weighted by Gasteiger charge is 2.39. The highest BCUT2D eigenvalue weighted by atomic mass is 32.2. The van der Waals surface area contributed by atoms with Crippen LogP contribution in [0, 0.1) is 5.92 Å². The van der Waals surface area contributed by atoms with E-state index in [1.54, 1.807) is 12.1 Å². The maximum atomic E-state index is 13.4. The van der Waals surface area contributed by atoms with Gasteiger partial charge in [0.1, 0.15) is 5.82 Å². The van der Waals surface area contributed by atoms with Crippen LogP contribution in [0.3, 0.4) is 0 Å². The summed E-state index contributed by atoms with van der Waals surface area (Å²) >= 11 is 0. The molecule has 0 unspecified atom stereocenters. The molecule has 190 valence electrons. The molecule has 2 aromatic carbocycles. The molecule has 1 aliphatic rings. The van der Waals surface area contributed by atoms with E-state index in [-0.39, 0.29) is 11.1 Å². The Balaban J connectivity index is 1.63. The lowest BCUT2D eigenvalue weighted by Gasteiger charge is -2.34. The normalized spacial score (nSPS) is 17.2. The molecule has 4 aromatic rings. The molecule has 1 amide bonds. The molecule has 1 fully saturated rings. The lowest BCUT2D eigenvalue weighted by Crippen LogP contribution is -2.41. The standard InChI is InChI=1S/C28H28N4O4S/c1-18-16-28(2,3)32(17-18)25-22(26(33)31-37(35,36)24-12-7-15-29-27(24)34)13-14-23(30-25)21-11-6-9-19-8-4-5-10-20(19)21/h4-15,18H,16-17H2,1-3H3,(H,29,34)(H,31,33)/t18-/m0/s1. The van der Waals surface area contributed by atoms with Gasteiger partial charge in [0.25, 0.3) is 21.5 Å².